The van der Waals surface area contributed by atoms with E-state index < -0.39 is 13.7 Å². The van der Waals surface area contributed by atoms with Crippen LogP contribution >= 0.6 is 11.6 Å². The van der Waals surface area contributed by atoms with Crippen molar-refractivity contribution in [1.29, 1.82) is 0 Å². The van der Waals surface area contributed by atoms with Crippen molar-refractivity contribution < 1.29 is 24.2 Å². The van der Waals surface area contributed by atoms with Crippen LogP contribution in [0.25, 0.3) is 0 Å². The van der Waals surface area contributed by atoms with Gasteiger partial charge in [0.1, 0.15) is 5.75 Å². The molecule has 2 amide bonds. The maximum Gasteiger partial charge on any atom is 0.264 e. The number of amides is 2. The number of rotatable bonds is 11. The monoisotopic (exact) mass is 699 g/mol. The number of hydrogen-bond donors (Lipinski definition) is 1. The van der Waals surface area contributed by atoms with Gasteiger partial charge in [0.15, 0.2) is 5.60 Å². The van der Waals surface area contributed by atoms with Crippen molar-refractivity contribution >= 4 is 48.1 Å². The smallest absolute Gasteiger partial charge is 0.264 e. The van der Waals surface area contributed by atoms with E-state index in [1.165, 1.54) is 5.19 Å². The molecule has 2 fully saturated rings. The van der Waals surface area contributed by atoms with Crippen LogP contribution in [0.3, 0.4) is 0 Å². The Labute approximate surface area is 292 Å². The maximum atomic E-state index is 15.0. The lowest BCUT2D eigenvalue weighted by molar-refractivity contribution is -0.146. The summed E-state index contributed by atoms with van der Waals surface area (Å²) in [6, 6.07) is 21.9. The second-order valence-electron chi connectivity index (χ2n) is 13.9. The third-order valence-electron chi connectivity index (χ3n) is 10.8. The van der Waals surface area contributed by atoms with Gasteiger partial charge in [0.05, 0.1) is 39.2 Å². The highest BCUT2D eigenvalue weighted by atomic mass is 35.5. The number of methoxy groups -OCH3 is 1. The number of carbonyl (C=O) groups excluding carboxylic acids is 2. The average Bonchev–Trinajstić information content (AvgIpc) is 3.74. The molecule has 3 aromatic carbocycles. The predicted octanol–water partition coefficient (Wildman–Crippen LogP) is 5.06. The number of anilines is 2. The normalized spacial score (nSPS) is 23.3. The summed E-state index contributed by atoms with van der Waals surface area (Å²) >= 11 is 6.67. The van der Waals surface area contributed by atoms with Gasteiger partial charge in [0, 0.05) is 60.9 Å². The highest BCUT2D eigenvalue weighted by Gasteiger charge is 2.66. The molecule has 4 atom stereocenters. The van der Waals surface area contributed by atoms with Gasteiger partial charge in [-0.2, -0.15) is 0 Å². The number of halogens is 1. The Morgan fingerprint density at radius 3 is 2.49 bits per heavy atom. The van der Waals surface area contributed by atoms with Gasteiger partial charge in [-0.15, -0.1) is 5.10 Å². The lowest BCUT2D eigenvalue weighted by Gasteiger charge is -2.37. The number of aryl methyl sites for hydroxylation is 1. The SMILES string of the molecule is COc1ccc([Si](C)(C)[C@H]2[C@H](CCn3cc(CCO)nn3)O[C@@]3(C(=O)N(Cc4ccc(N5CCC5=O)cc4)c4ccc(Cl)cc43)[C@@H]2C)cc1. The lowest BCUT2D eigenvalue weighted by atomic mass is 9.82. The Kier molecular flexibility index (Phi) is 8.89. The van der Waals surface area contributed by atoms with Gasteiger partial charge in [-0.3, -0.25) is 14.3 Å². The van der Waals surface area contributed by atoms with Gasteiger partial charge >= 0.3 is 0 Å². The van der Waals surface area contributed by atoms with Crippen LogP contribution in [-0.4, -0.2) is 66.4 Å². The highest BCUT2D eigenvalue weighted by molar-refractivity contribution is 6.91. The first-order valence-electron chi connectivity index (χ1n) is 16.9. The van der Waals surface area contributed by atoms with Crippen molar-refractivity contribution in [1.82, 2.24) is 15.0 Å². The second kappa shape index (κ2) is 13.0. The molecule has 3 aliphatic rings. The zero-order valence-electron chi connectivity index (χ0n) is 28.3. The molecule has 7 rings (SSSR count). The fourth-order valence-electron chi connectivity index (χ4n) is 8.20. The number of aliphatic hydroxyl groups is 1. The summed E-state index contributed by atoms with van der Waals surface area (Å²) in [4.78, 5) is 30.6. The first-order chi connectivity index (χ1) is 23.6. The van der Waals surface area contributed by atoms with Crippen molar-refractivity contribution in [2.24, 2.45) is 5.92 Å². The number of aliphatic hydroxyl groups excluding tert-OH is 1. The molecule has 3 aliphatic heterocycles. The van der Waals surface area contributed by atoms with E-state index in [1.807, 2.05) is 65.7 Å². The third-order valence-corrected chi connectivity index (χ3v) is 15.4. The molecule has 256 valence electrons. The van der Waals surface area contributed by atoms with Gasteiger partial charge in [0.25, 0.3) is 5.91 Å². The molecule has 1 aromatic heterocycles. The number of hydrogen-bond acceptors (Lipinski definition) is 7. The topological polar surface area (TPSA) is 110 Å². The number of β-lactam (4-membered cyclic amide) rings is 1. The zero-order chi connectivity index (χ0) is 34.5. The standard InChI is InChI=1S/C37H42ClN5O5Si/c1-24-35(49(3,4)30-12-10-29(47-2)11-13-30)33(15-18-41-23-27(17-20-44)39-40-41)48-37(24)31-21-26(38)7-14-32(31)43(36(37)46)22-25-5-8-28(9-6-25)42-19-16-34(42)45/h5-14,21,23-24,33,35,44H,15-20,22H2,1-4H3/t24-,33+,35-,37+/m1/s1. The molecule has 0 saturated carbocycles. The maximum absolute atomic E-state index is 15.0. The van der Waals surface area contributed by atoms with Crippen molar-refractivity contribution in [2.75, 3.05) is 30.1 Å². The Balaban J connectivity index is 1.25. The first kappa shape index (κ1) is 33.5. The molecule has 0 radical (unpaired) electrons. The Morgan fingerprint density at radius 1 is 1.08 bits per heavy atom. The second-order valence-corrected chi connectivity index (χ2v) is 19.0. The number of nitrogens with zero attached hydrogens (tertiary/aromatic N) is 5. The molecule has 10 nitrogen and oxygen atoms in total. The van der Waals surface area contributed by atoms with E-state index in [2.05, 4.69) is 42.5 Å². The summed E-state index contributed by atoms with van der Waals surface area (Å²) in [7, 11) is -0.655. The molecule has 0 aliphatic carbocycles. The minimum Gasteiger partial charge on any atom is -0.497 e. The molecule has 0 bridgehead atoms. The van der Waals surface area contributed by atoms with E-state index in [9.17, 15) is 9.90 Å². The van der Waals surface area contributed by atoms with E-state index in [-0.39, 0.29) is 36.0 Å². The lowest BCUT2D eigenvalue weighted by Crippen LogP contribution is -2.51. The van der Waals surface area contributed by atoms with E-state index in [0.29, 0.717) is 37.4 Å². The molecule has 1 spiro atoms. The van der Waals surface area contributed by atoms with Crippen LogP contribution in [0, 0.1) is 5.92 Å². The van der Waals surface area contributed by atoms with Crippen molar-refractivity contribution in [3.63, 3.8) is 0 Å². The number of fused-ring (bicyclic) bond motifs is 2. The quantitative estimate of drug-likeness (QED) is 0.172. The van der Waals surface area contributed by atoms with Crippen LogP contribution in [0.15, 0.2) is 72.9 Å². The predicted molar refractivity (Wildman–Crippen MR) is 191 cm³/mol. The van der Waals surface area contributed by atoms with Crippen molar-refractivity contribution in [2.45, 2.75) is 69.6 Å². The molecule has 0 unspecified atom stereocenters. The number of carbonyl (C=O) groups is 2. The molecule has 49 heavy (non-hydrogen) atoms. The molecule has 4 heterocycles. The van der Waals surface area contributed by atoms with Crippen LogP contribution in [0.1, 0.15) is 36.6 Å². The molecule has 12 heteroatoms. The summed E-state index contributed by atoms with van der Waals surface area (Å²) in [5, 5.41) is 19.7. The van der Waals surface area contributed by atoms with Gasteiger partial charge in [-0.05, 0) is 60.0 Å². The molecule has 2 saturated heterocycles. The minimum atomic E-state index is -2.32. The minimum absolute atomic E-state index is 0.0109. The summed E-state index contributed by atoms with van der Waals surface area (Å²) in [5.74, 6) is 0.674. The summed E-state index contributed by atoms with van der Waals surface area (Å²) in [6.07, 6.45) is 3.26. The van der Waals surface area contributed by atoms with Gasteiger partial charge < -0.3 is 24.4 Å². The molecule has 1 N–H and O–H groups in total. The van der Waals surface area contributed by atoms with Crippen molar-refractivity contribution in [3.05, 3.63) is 94.8 Å². The van der Waals surface area contributed by atoms with Crippen LogP contribution in [-0.2, 0) is 39.4 Å². The first-order valence-corrected chi connectivity index (χ1v) is 20.4. The van der Waals surface area contributed by atoms with Crippen LogP contribution in [0.2, 0.25) is 23.7 Å². The van der Waals surface area contributed by atoms with Crippen LogP contribution in [0.5, 0.6) is 5.75 Å². The Hall–Kier alpha value is -4.03. The summed E-state index contributed by atoms with van der Waals surface area (Å²) < 4.78 is 14.5. The zero-order valence-corrected chi connectivity index (χ0v) is 30.1. The van der Waals surface area contributed by atoms with E-state index in [1.54, 1.807) is 16.7 Å². The molecular formula is C37H42ClN5O5Si. The number of ether oxygens (including phenoxy) is 2. The summed E-state index contributed by atoms with van der Waals surface area (Å²) in [6.45, 7) is 8.55. The van der Waals surface area contributed by atoms with Crippen molar-refractivity contribution in [3.8, 4) is 5.75 Å². The van der Waals surface area contributed by atoms with Gasteiger partial charge in [-0.1, -0.05) is 66.3 Å². The number of benzene rings is 3. The average molecular weight is 700 g/mol. The Morgan fingerprint density at radius 2 is 1.84 bits per heavy atom. The number of aromatic nitrogens is 3. The highest BCUT2D eigenvalue weighted by Crippen LogP contribution is 2.60. The van der Waals surface area contributed by atoms with E-state index in [4.69, 9.17) is 21.1 Å². The fourth-order valence-corrected chi connectivity index (χ4v) is 12.4. The molecular weight excluding hydrogens is 658 g/mol. The fraction of sp³-hybridized carbons (Fsp3) is 0.405. The Bertz CT molecular complexity index is 1870. The van der Waals surface area contributed by atoms with Crippen LogP contribution < -0.4 is 19.7 Å². The van der Waals surface area contributed by atoms with E-state index >= 15 is 4.79 Å². The molecule has 4 aromatic rings. The van der Waals surface area contributed by atoms with E-state index in [0.717, 1.165) is 40.5 Å². The largest absolute Gasteiger partial charge is 0.497 e. The van der Waals surface area contributed by atoms with Gasteiger partial charge in [0.2, 0.25) is 5.91 Å². The van der Waals surface area contributed by atoms with Crippen LogP contribution in [0.4, 0.5) is 11.4 Å². The summed E-state index contributed by atoms with van der Waals surface area (Å²) in [5.41, 5.74) is 3.01. The third kappa shape index (κ3) is 5.76. The van der Waals surface area contributed by atoms with Gasteiger partial charge in [-0.25, -0.2) is 0 Å².